The van der Waals surface area contributed by atoms with Gasteiger partial charge in [0.25, 0.3) is 5.91 Å². The van der Waals surface area contributed by atoms with E-state index >= 15 is 0 Å². The Hall–Kier alpha value is -1.52. The van der Waals surface area contributed by atoms with Gasteiger partial charge in [-0.05, 0) is 60.4 Å². The lowest BCUT2D eigenvalue weighted by Gasteiger charge is -2.36. The number of benzene rings is 1. The summed E-state index contributed by atoms with van der Waals surface area (Å²) < 4.78 is 0. The van der Waals surface area contributed by atoms with Gasteiger partial charge in [0.1, 0.15) is 0 Å². The van der Waals surface area contributed by atoms with Crippen molar-refractivity contribution < 1.29 is 4.79 Å². The summed E-state index contributed by atoms with van der Waals surface area (Å²) in [5, 5.41) is 4.22. The number of nitrogen functional groups attached to an aromatic ring is 1. The lowest BCUT2D eigenvalue weighted by molar-refractivity contribution is 0.102. The number of hydrogen-bond acceptors (Lipinski definition) is 3. The lowest BCUT2D eigenvalue weighted by Crippen LogP contribution is -2.29. The molecular formula is C20H25ClN2OS. The fourth-order valence-corrected chi connectivity index (χ4v) is 4.86. The minimum atomic E-state index is -0.120. The van der Waals surface area contributed by atoms with Crippen molar-refractivity contribution in [3.8, 4) is 0 Å². The molecule has 0 radical (unpaired) electrons. The number of carbonyl (C=O) groups is 1. The van der Waals surface area contributed by atoms with Gasteiger partial charge in [-0.3, -0.25) is 4.79 Å². The summed E-state index contributed by atoms with van der Waals surface area (Å²) in [5.41, 5.74) is 9.10. The van der Waals surface area contributed by atoms with E-state index in [1.165, 1.54) is 4.88 Å². The molecule has 1 aromatic carbocycles. The van der Waals surface area contributed by atoms with E-state index in [0.29, 0.717) is 26.9 Å². The van der Waals surface area contributed by atoms with Crippen LogP contribution in [0, 0.1) is 11.3 Å². The summed E-state index contributed by atoms with van der Waals surface area (Å²) in [7, 11) is 0. The van der Waals surface area contributed by atoms with E-state index in [-0.39, 0.29) is 5.91 Å². The van der Waals surface area contributed by atoms with Crippen molar-refractivity contribution in [3.63, 3.8) is 0 Å². The van der Waals surface area contributed by atoms with Crippen molar-refractivity contribution >= 4 is 39.5 Å². The zero-order chi connectivity index (χ0) is 18.2. The first-order valence-electron chi connectivity index (χ1n) is 8.78. The summed E-state index contributed by atoms with van der Waals surface area (Å²) in [5.74, 6) is 0.528. The lowest BCUT2D eigenvalue weighted by atomic mass is 9.69. The van der Waals surface area contributed by atoms with E-state index in [4.69, 9.17) is 17.3 Å². The molecule has 0 unspecified atom stereocenters. The molecule has 5 heteroatoms. The Morgan fingerprint density at radius 2 is 2.04 bits per heavy atom. The first-order valence-corrected chi connectivity index (χ1v) is 9.98. The van der Waals surface area contributed by atoms with Gasteiger partial charge < -0.3 is 11.1 Å². The fourth-order valence-electron chi connectivity index (χ4n) is 3.54. The van der Waals surface area contributed by atoms with Gasteiger partial charge in [-0.2, -0.15) is 0 Å². The smallest absolute Gasteiger partial charge is 0.258 e. The Morgan fingerprint density at radius 3 is 2.68 bits per heavy atom. The molecule has 1 atom stereocenters. The summed E-state index contributed by atoms with van der Waals surface area (Å²) in [6, 6.07) is 7.13. The van der Waals surface area contributed by atoms with Crippen molar-refractivity contribution in [2.24, 2.45) is 11.3 Å². The zero-order valence-electron chi connectivity index (χ0n) is 15.0. The maximum absolute atomic E-state index is 12.8. The highest BCUT2D eigenvalue weighted by atomic mass is 35.5. The molecule has 134 valence electrons. The first-order chi connectivity index (χ1) is 11.8. The number of rotatable bonds is 4. The van der Waals surface area contributed by atoms with Crippen LogP contribution in [0.2, 0.25) is 5.02 Å². The molecule has 25 heavy (non-hydrogen) atoms. The summed E-state index contributed by atoms with van der Waals surface area (Å²) in [4.78, 5) is 14.1. The number of thiophene rings is 1. The summed E-state index contributed by atoms with van der Waals surface area (Å²) in [6.45, 7) is 6.94. The molecular weight excluding hydrogens is 352 g/mol. The van der Waals surface area contributed by atoms with Gasteiger partial charge in [0.15, 0.2) is 0 Å². The molecule has 1 heterocycles. The zero-order valence-corrected chi connectivity index (χ0v) is 16.6. The van der Waals surface area contributed by atoms with Gasteiger partial charge in [0.05, 0.1) is 10.6 Å². The van der Waals surface area contributed by atoms with Gasteiger partial charge in [-0.1, -0.05) is 38.8 Å². The Kier molecular flexibility index (Phi) is 5.12. The normalized spacial score (nSPS) is 17.2. The van der Waals surface area contributed by atoms with E-state index < -0.39 is 0 Å². The molecule has 2 aromatic rings. The summed E-state index contributed by atoms with van der Waals surface area (Å²) in [6.07, 6.45) is 4.24. The molecule has 0 fully saturated rings. The summed E-state index contributed by atoms with van der Waals surface area (Å²) >= 11 is 7.48. The minimum absolute atomic E-state index is 0.120. The second-order valence-electron chi connectivity index (χ2n) is 7.49. The van der Waals surface area contributed by atoms with Crippen LogP contribution in [0.3, 0.4) is 0 Å². The van der Waals surface area contributed by atoms with Crippen molar-refractivity contribution in [2.75, 3.05) is 11.1 Å². The van der Waals surface area contributed by atoms with Crippen molar-refractivity contribution in [3.05, 3.63) is 45.3 Å². The highest BCUT2D eigenvalue weighted by molar-refractivity contribution is 7.16. The predicted octanol–water partition coefficient (Wildman–Crippen LogP) is 5.78. The van der Waals surface area contributed by atoms with E-state index in [2.05, 4.69) is 26.1 Å². The molecule has 3 nitrogen and oxygen atoms in total. The van der Waals surface area contributed by atoms with Crippen molar-refractivity contribution in [1.82, 2.24) is 0 Å². The monoisotopic (exact) mass is 376 g/mol. The maximum atomic E-state index is 12.8. The molecule has 0 saturated heterocycles. The third-order valence-electron chi connectivity index (χ3n) is 5.64. The average molecular weight is 377 g/mol. The van der Waals surface area contributed by atoms with Crippen LogP contribution in [0.25, 0.3) is 0 Å². The second-order valence-corrected chi connectivity index (χ2v) is 9.06. The van der Waals surface area contributed by atoms with Gasteiger partial charge in [-0.15, -0.1) is 11.3 Å². The molecule has 1 aromatic heterocycles. The van der Waals surface area contributed by atoms with Crippen molar-refractivity contribution in [2.45, 2.75) is 46.5 Å². The molecule has 1 aliphatic carbocycles. The third-order valence-corrected chi connectivity index (χ3v) is 6.97. The number of hydrogen-bond donors (Lipinski definition) is 2. The number of carbonyl (C=O) groups excluding carboxylic acids is 1. The molecule has 0 spiro atoms. The Morgan fingerprint density at radius 1 is 1.36 bits per heavy atom. The van der Waals surface area contributed by atoms with Gasteiger partial charge in [0, 0.05) is 15.6 Å². The second kappa shape index (κ2) is 7.00. The maximum Gasteiger partial charge on any atom is 0.258 e. The third kappa shape index (κ3) is 3.70. The number of halogens is 1. The standard InChI is InChI=1S/C20H25ClN2OS/c1-4-20(2,3)12-5-10-15-16(11-12)25-18(22)17(15)19(24)23-14-8-6-13(21)7-9-14/h6-9,12H,4-5,10-11,22H2,1-3H3,(H,23,24)/t12-/m1/s1. The van der Waals surface area contributed by atoms with E-state index in [9.17, 15) is 4.79 Å². The first kappa shape index (κ1) is 18.3. The van der Waals surface area contributed by atoms with Gasteiger partial charge in [0.2, 0.25) is 0 Å². The molecule has 0 bridgehead atoms. The Balaban J connectivity index is 1.83. The van der Waals surface area contributed by atoms with Crippen LogP contribution >= 0.6 is 22.9 Å². The number of nitrogens with one attached hydrogen (secondary N) is 1. The van der Waals surface area contributed by atoms with E-state index in [0.717, 1.165) is 36.9 Å². The predicted molar refractivity (Wildman–Crippen MR) is 108 cm³/mol. The highest BCUT2D eigenvalue weighted by Crippen LogP contribution is 2.44. The van der Waals surface area contributed by atoms with Crippen LogP contribution < -0.4 is 11.1 Å². The quantitative estimate of drug-likeness (QED) is 0.710. The molecule has 0 saturated carbocycles. The van der Waals surface area contributed by atoms with E-state index in [1.54, 1.807) is 35.6 Å². The highest BCUT2D eigenvalue weighted by Gasteiger charge is 2.34. The largest absolute Gasteiger partial charge is 0.390 e. The van der Waals surface area contributed by atoms with Crippen LogP contribution in [-0.4, -0.2) is 5.91 Å². The average Bonchev–Trinajstić information content (AvgIpc) is 2.91. The van der Waals surface area contributed by atoms with Gasteiger partial charge in [-0.25, -0.2) is 0 Å². The van der Waals surface area contributed by atoms with Gasteiger partial charge >= 0.3 is 0 Å². The number of anilines is 2. The van der Waals surface area contributed by atoms with Crippen molar-refractivity contribution in [1.29, 1.82) is 0 Å². The molecule has 1 amide bonds. The number of fused-ring (bicyclic) bond motifs is 1. The Labute approximate surface area is 158 Å². The molecule has 3 rings (SSSR count). The molecule has 3 N–H and O–H groups in total. The topological polar surface area (TPSA) is 55.1 Å². The molecule has 0 aliphatic heterocycles. The van der Waals surface area contributed by atoms with Crippen LogP contribution in [0.15, 0.2) is 24.3 Å². The Bertz CT molecular complexity index is 780. The van der Waals surface area contributed by atoms with Crippen LogP contribution in [0.5, 0.6) is 0 Å². The van der Waals surface area contributed by atoms with Crippen LogP contribution in [0.4, 0.5) is 10.7 Å². The SMILES string of the molecule is CCC(C)(C)[C@@H]1CCc2c(sc(N)c2C(=O)Nc2ccc(Cl)cc2)C1. The van der Waals surface area contributed by atoms with Crippen LogP contribution in [0.1, 0.15) is 54.4 Å². The molecule has 1 aliphatic rings. The fraction of sp³-hybridized carbons (Fsp3) is 0.450. The number of nitrogens with two attached hydrogens (primary N) is 1. The number of amides is 1. The minimum Gasteiger partial charge on any atom is -0.390 e. The van der Waals surface area contributed by atoms with E-state index in [1.807, 2.05) is 0 Å². The van der Waals surface area contributed by atoms with Crippen LogP contribution in [-0.2, 0) is 12.8 Å².